The van der Waals surface area contributed by atoms with Crippen LogP contribution in [0.25, 0.3) is 0 Å². The Hall–Kier alpha value is -1.51. The van der Waals surface area contributed by atoms with Crippen molar-refractivity contribution >= 4 is 5.91 Å². The molecule has 1 N–H and O–H groups in total. The number of carbonyl (C=O) groups is 1. The summed E-state index contributed by atoms with van der Waals surface area (Å²) in [7, 11) is 0. The molecular formula is C23H37NO2. The van der Waals surface area contributed by atoms with E-state index in [-0.39, 0.29) is 5.91 Å². The van der Waals surface area contributed by atoms with Crippen LogP contribution in [0.15, 0.2) is 24.3 Å². The van der Waals surface area contributed by atoms with E-state index in [2.05, 4.69) is 33.0 Å². The second-order valence-electron chi connectivity index (χ2n) is 8.82. The molecule has 146 valence electrons. The highest BCUT2D eigenvalue weighted by molar-refractivity contribution is 5.94. The Bertz CT molecular complexity index is 536. The van der Waals surface area contributed by atoms with Gasteiger partial charge in [0, 0.05) is 11.6 Å². The fourth-order valence-corrected chi connectivity index (χ4v) is 3.79. The van der Waals surface area contributed by atoms with Gasteiger partial charge >= 0.3 is 0 Å². The zero-order valence-corrected chi connectivity index (χ0v) is 17.1. The highest BCUT2D eigenvalue weighted by atomic mass is 16.5. The van der Waals surface area contributed by atoms with Crippen LogP contribution in [0.3, 0.4) is 0 Å². The van der Waals surface area contributed by atoms with E-state index in [1.165, 1.54) is 32.1 Å². The first kappa shape index (κ1) is 20.8. The van der Waals surface area contributed by atoms with Crippen molar-refractivity contribution in [3.8, 4) is 5.75 Å². The molecule has 0 aromatic heterocycles. The van der Waals surface area contributed by atoms with E-state index in [0.29, 0.717) is 11.5 Å². The second kappa shape index (κ2) is 9.99. The quantitative estimate of drug-likeness (QED) is 0.580. The number of hydrogen-bond donors (Lipinski definition) is 1. The molecule has 1 aromatic rings. The van der Waals surface area contributed by atoms with Gasteiger partial charge in [-0.15, -0.1) is 0 Å². The van der Waals surface area contributed by atoms with Crippen LogP contribution in [-0.2, 0) is 0 Å². The van der Waals surface area contributed by atoms with Gasteiger partial charge in [-0.3, -0.25) is 4.79 Å². The summed E-state index contributed by atoms with van der Waals surface area (Å²) in [6, 6.07) is 7.88. The number of rotatable bonds is 8. The highest BCUT2D eigenvalue weighted by Gasteiger charge is 2.30. The first-order chi connectivity index (χ1) is 12.4. The standard InChI is InChI=1S/C23H37NO2/c1-5-6-7-8-17-26-21-15-9-18(10-16-21)22(25)24-20-13-11-19(12-14-20)23(2,3)4/h9-10,15-16,19-20H,5-8,11-14,17H2,1-4H3,(H,24,25). The van der Waals surface area contributed by atoms with E-state index in [9.17, 15) is 4.79 Å². The van der Waals surface area contributed by atoms with Crippen LogP contribution in [0.2, 0.25) is 0 Å². The summed E-state index contributed by atoms with van der Waals surface area (Å²) in [6.45, 7) is 9.93. The summed E-state index contributed by atoms with van der Waals surface area (Å²) in [5, 5.41) is 3.21. The lowest BCUT2D eigenvalue weighted by molar-refractivity contribution is 0.0904. The molecule has 0 heterocycles. The average molecular weight is 360 g/mol. The van der Waals surface area contributed by atoms with Gasteiger partial charge in [-0.25, -0.2) is 0 Å². The maximum absolute atomic E-state index is 12.5. The van der Waals surface area contributed by atoms with Crippen molar-refractivity contribution in [3.63, 3.8) is 0 Å². The summed E-state index contributed by atoms with van der Waals surface area (Å²) in [6.07, 6.45) is 9.40. The molecule has 0 saturated heterocycles. The molecule has 2 rings (SSSR count). The van der Waals surface area contributed by atoms with E-state index in [0.717, 1.165) is 43.1 Å². The molecule has 0 bridgehead atoms. The van der Waals surface area contributed by atoms with Crippen molar-refractivity contribution < 1.29 is 9.53 Å². The Balaban J connectivity index is 1.74. The molecule has 1 aromatic carbocycles. The molecule has 3 heteroatoms. The number of hydrogen-bond acceptors (Lipinski definition) is 2. The molecule has 1 aliphatic rings. The third-order valence-corrected chi connectivity index (χ3v) is 5.67. The third kappa shape index (κ3) is 6.66. The van der Waals surface area contributed by atoms with E-state index >= 15 is 0 Å². The minimum absolute atomic E-state index is 0.0405. The molecule has 1 amide bonds. The Morgan fingerprint density at radius 3 is 2.27 bits per heavy atom. The van der Waals surface area contributed by atoms with Crippen molar-refractivity contribution in [1.29, 1.82) is 0 Å². The largest absolute Gasteiger partial charge is 0.494 e. The predicted molar refractivity (Wildman–Crippen MR) is 109 cm³/mol. The van der Waals surface area contributed by atoms with Crippen molar-refractivity contribution in [3.05, 3.63) is 29.8 Å². The van der Waals surface area contributed by atoms with Crippen LogP contribution in [0.4, 0.5) is 0 Å². The molecule has 1 saturated carbocycles. The minimum atomic E-state index is 0.0405. The number of amides is 1. The average Bonchev–Trinajstić information content (AvgIpc) is 2.62. The zero-order chi connectivity index (χ0) is 19.0. The normalized spacial score (nSPS) is 20.6. The number of unbranched alkanes of at least 4 members (excludes halogenated alkanes) is 3. The van der Waals surface area contributed by atoms with Crippen molar-refractivity contribution in [2.24, 2.45) is 11.3 Å². The van der Waals surface area contributed by atoms with Crippen LogP contribution in [0.5, 0.6) is 5.75 Å². The maximum atomic E-state index is 12.5. The second-order valence-corrected chi connectivity index (χ2v) is 8.82. The number of nitrogens with one attached hydrogen (secondary N) is 1. The van der Waals surface area contributed by atoms with Gasteiger partial charge in [-0.05, 0) is 67.7 Å². The summed E-state index contributed by atoms with van der Waals surface area (Å²) in [4.78, 5) is 12.5. The van der Waals surface area contributed by atoms with Gasteiger partial charge < -0.3 is 10.1 Å². The Morgan fingerprint density at radius 2 is 1.69 bits per heavy atom. The van der Waals surface area contributed by atoms with Gasteiger partial charge in [-0.2, -0.15) is 0 Å². The summed E-state index contributed by atoms with van der Waals surface area (Å²) < 4.78 is 5.75. The van der Waals surface area contributed by atoms with E-state index in [1.54, 1.807) is 0 Å². The van der Waals surface area contributed by atoms with Gasteiger partial charge in [0.25, 0.3) is 5.91 Å². The van der Waals surface area contributed by atoms with Crippen LogP contribution in [-0.4, -0.2) is 18.6 Å². The fourth-order valence-electron chi connectivity index (χ4n) is 3.79. The Labute approximate surface area is 159 Å². The number of ether oxygens (including phenoxy) is 1. The molecule has 0 radical (unpaired) electrons. The predicted octanol–water partition coefficient (Wildman–Crippen LogP) is 5.98. The molecule has 3 nitrogen and oxygen atoms in total. The number of carbonyl (C=O) groups excluding carboxylic acids is 1. The summed E-state index contributed by atoms with van der Waals surface area (Å²) >= 11 is 0. The molecule has 1 aliphatic carbocycles. The van der Waals surface area contributed by atoms with Gasteiger partial charge in [-0.1, -0.05) is 47.0 Å². The lowest BCUT2D eigenvalue weighted by Crippen LogP contribution is -2.39. The molecule has 0 unspecified atom stereocenters. The molecule has 0 spiro atoms. The maximum Gasteiger partial charge on any atom is 0.251 e. The Kier molecular flexibility index (Phi) is 7.99. The highest BCUT2D eigenvalue weighted by Crippen LogP contribution is 2.37. The molecule has 0 atom stereocenters. The van der Waals surface area contributed by atoms with Crippen LogP contribution in [0.1, 0.15) is 89.4 Å². The topological polar surface area (TPSA) is 38.3 Å². The lowest BCUT2D eigenvalue weighted by Gasteiger charge is -2.37. The van der Waals surface area contributed by atoms with Crippen molar-refractivity contribution in [1.82, 2.24) is 5.32 Å². The molecule has 26 heavy (non-hydrogen) atoms. The molecular weight excluding hydrogens is 322 g/mol. The summed E-state index contributed by atoms with van der Waals surface area (Å²) in [5.74, 6) is 1.66. The lowest BCUT2D eigenvalue weighted by atomic mass is 9.71. The van der Waals surface area contributed by atoms with Crippen LogP contribution >= 0.6 is 0 Å². The first-order valence-corrected chi connectivity index (χ1v) is 10.4. The molecule has 0 aliphatic heterocycles. The van der Waals surface area contributed by atoms with Gasteiger partial charge in [0.1, 0.15) is 5.75 Å². The van der Waals surface area contributed by atoms with E-state index in [4.69, 9.17) is 4.74 Å². The zero-order valence-electron chi connectivity index (χ0n) is 17.1. The van der Waals surface area contributed by atoms with E-state index < -0.39 is 0 Å². The minimum Gasteiger partial charge on any atom is -0.494 e. The van der Waals surface area contributed by atoms with Gasteiger partial charge in [0.2, 0.25) is 0 Å². The SMILES string of the molecule is CCCCCCOc1ccc(C(=O)NC2CCC(C(C)(C)C)CC2)cc1. The smallest absolute Gasteiger partial charge is 0.251 e. The first-order valence-electron chi connectivity index (χ1n) is 10.4. The summed E-state index contributed by atoms with van der Waals surface area (Å²) in [5.41, 5.74) is 1.10. The van der Waals surface area contributed by atoms with Crippen molar-refractivity contribution in [2.45, 2.75) is 85.1 Å². The fraction of sp³-hybridized carbons (Fsp3) is 0.696. The molecule has 1 fully saturated rings. The van der Waals surface area contributed by atoms with Gasteiger partial charge in [0.15, 0.2) is 0 Å². The van der Waals surface area contributed by atoms with Crippen molar-refractivity contribution in [2.75, 3.05) is 6.61 Å². The Morgan fingerprint density at radius 1 is 1.04 bits per heavy atom. The van der Waals surface area contributed by atoms with Crippen LogP contribution < -0.4 is 10.1 Å². The number of benzene rings is 1. The van der Waals surface area contributed by atoms with E-state index in [1.807, 2.05) is 24.3 Å². The third-order valence-electron chi connectivity index (χ3n) is 5.67. The van der Waals surface area contributed by atoms with Crippen LogP contribution in [0, 0.1) is 11.3 Å². The van der Waals surface area contributed by atoms with Gasteiger partial charge in [0.05, 0.1) is 6.61 Å². The monoisotopic (exact) mass is 359 g/mol.